The summed E-state index contributed by atoms with van der Waals surface area (Å²) in [6.07, 6.45) is 4.39. The van der Waals surface area contributed by atoms with Gasteiger partial charge in [-0.2, -0.15) is 10.2 Å². The molecule has 0 radical (unpaired) electrons. The fourth-order valence-corrected chi connectivity index (χ4v) is 2.80. The van der Waals surface area contributed by atoms with Crippen molar-refractivity contribution in [1.29, 1.82) is 0 Å². The number of nitrogens with one attached hydrogen (secondary N) is 2. The van der Waals surface area contributed by atoms with E-state index >= 15 is 0 Å². The normalized spacial score (nSPS) is 11.0. The Morgan fingerprint density at radius 3 is 1.59 bits per heavy atom. The van der Waals surface area contributed by atoms with E-state index in [1.54, 1.807) is 24.3 Å². The fourth-order valence-electron chi connectivity index (χ4n) is 2.80. The number of unbranched alkanes of at least 4 members (excludes halogenated alkanes) is 1. The molecule has 0 aliphatic heterocycles. The van der Waals surface area contributed by atoms with Crippen LogP contribution in [0.3, 0.4) is 0 Å². The molecular formula is C24H30N4O6. The Labute approximate surface area is 198 Å². The van der Waals surface area contributed by atoms with Gasteiger partial charge >= 0.3 is 0 Å². The van der Waals surface area contributed by atoms with E-state index in [-0.39, 0.29) is 36.2 Å². The molecule has 0 aromatic heterocycles. The van der Waals surface area contributed by atoms with E-state index in [0.29, 0.717) is 48.7 Å². The predicted molar refractivity (Wildman–Crippen MR) is 128 cm³/mol. The molecule has 182 valence electrons. The highest BCUT2D eigenvalue weighted by Crippen LogP contribution is 2.26. The zero-order chi connectivity index (χ0) is 24.8. The minimum absolute atomic E-state index is 0.0360. The zero-order valence-corrected chi connectivity index (χ0v) is 19.3. The van der Waals surface area contributed by atoms with E-state index in [9.17, 15) is 19.8 Å². The molecule has 34 heavy (non-hydrogen) atoms. The lowest BCUT2D eigenvalue weighted by molar-refractivity contribution is -0.123. The summed E-state index contributed by atoms with van der Waals surface area (Å²) in [6.45, 7) is 4.47. The number of hydrazone groups is 2. The number of hydrogen-bond acceptors (Lipinski definition) is 8. The van der Waals surface area contributed by atoms with Crippen LogP contribution in [-0.2, 0) is 9.59 Å². The number of nitrogens with zero attached hydrogens (tertiary/aromatic N) is 2. The van der Waals surface area contributed by atoms with E-state index < -0.39 is 0 Å². The molecule has 0 fully saturated rings. The molecule has 0 aliphatic carbocycles. The molecule has 4 N–H and O–H groups in total. The Bertz CT molecular complexity index is 941. The highest BCUT2D eigenvalue weighted by molar-refractivity contribution is 5.84. The second-order valence-corrected chi connectivity index (χ2v) is 7.11. The maximum absolute atomic E-state index is 11.9. The number of phenolic OH excluding ortho intramolecular Hbond substituents is 2. The van der Waals surface area contributed by atoms with E-state index in [2.05, 4.69) is 21.1 Å². The van der Waals surface area contributed by atoms with Gasteiger partial charge in [-0.1, -0.05) is 0 Å². The van der Waals surface area contributed by atoms with Gasteiger partial charge in [-0.15, -0.1) is 0 Å². The van der Waals surface area contributed by atoms with Crippen molar-refractivity contribution >= 4 is 24.2 Å². The van der Waals surface area contributed by atoms with Gasteiger partial charge in [0, 0.05) is 12.8 Å². The first-order chi connectivity index (χ1) is 16.4. The van der Waals surface area contributed by atoms with Crippen LogP contribution < -0.4 is 20.3 Å². The van der Waals surface area contributed by atoms with Crippen LogP contribution in [0.4, 0.5) is 0 Å². The lowest BCUT2D eigenvalue weighted by atomic mass is 10.2. The Morgan fingerprint density at radius 2 is 1.21 bits per heavy atom. The molecule has 2 rings (SSSR count). The largest absolute Gasteiger partial charge is 0.504 e. The highest BCUT2D eigenvalue weighted by atomic mass is 16.5. The van der Waals surface area contributed by atoms with Crippen molar-refractivity contribution in [3.8, 4) is 23.0 Å². The van der Waals surface area contributed by atoms with Crippen molar-refractivity contribution in [3.63, 3.8) is 0 Å². The third-order valence-electron chi connectivity index (χ3n) is 4.43. The monoisotopic (exact) mass is 470 g/mol. The molecule has 0 bridgehead atoms. The predicted octanol–water partition coefficient (Wildman–Crippen LogP) is 3.06. The SMILES string of the molecule is CCOc1cc(C=NNC(=O)CCCCC(=O)NN=Cc2ccc(O)c(OCC)c2)ccc1O. The maximum Gasteiger partial charge on any atom is 0.240 e. The molecule has 2 amide bonds. The number of rotatable bonds is 13. The zero-order valence-electron chi connectivity index (χ0n) is 19.3. The van der Waals surface area contributed by atoms with Crippen LogP contribution in [0.15, 0.2) is 46.6 Å². The number of carbonyl (C=O) groups excluding carboxylic acids is 2. The molecule has 0 saturated heterocycles. The Kier molecular flexibility index (Phi) is 10.9. The average molecular weight is 471 g/mol. The summed E-state index contributed by atoms with van der Waals surface area (Å²) in [6, 6.07) is 9.52. The minimum Gasteiger partial charge on any atom is -0.504 e. The van der Waals surface area contributed by atoms with Gasteiger partial charge in [0.1, 0.15) is 0 Å². The van der Waals surface area contributed by atoms with Crippen LogP contribution in [0.25, 0.3) is 0 Å². The van der Waals surface area contributed by atoms with Crippen molar-refractivity contribution in [2.45, 2.75) is 39.5 Å². The Morgan fingerprint density at radius 1 is 0.794 bits per heavy atom. The summed E-state index contributed by atoms with van der Waals surface area (Å²) in [7, 11) is 0. The van der Waals surface area contributed by atoms with E-state index in [1.165, 1.54) is 24.6 Å². The molecule has 0 heterocycles. The fraction of sp³-hybridized carbons (Fsp3) is 0.333. The molecule has 0 unspecified atom stereocenters. The topological polar surface area (TPSA) is 142 Å². The molecule has 2 aromatic rings. The number of amides is 2. The van der Waals surface area contributed by atoms with Gasteiger partial charge in [0.15, 0.2) is 23.0 Å². The van der Waals surface area contributed by atoms with Gasteiger partial charge in [0.2, 0.25) is 11.8 Å². The smallest absolute Gasteiger partial charge is 0.240 e. The van der Waals surface area contributed by atoms with Crippen LogP contribution in [-0.4, -0.2) is 47.7 Å². The summed E-state index contributed by atoms with van der Waals surface area (Å²) >= 11 is 0. The molecule has 2 aromatic carbocycles. The van der Waals surface area contributed by atoms with Crippen molar-refractivity contribution in [2.75, 3.05) is 13.2 Å². The number of aromatic hydroxyl groups is 2. The number of phenols is 2. The third kappa shape index (κ3) is 9.19. The first-order valence-corrected chi connectivity index (χ1v) is 11.0. The molecule has 0 spiro atoms. The first kappa shape index (κ1) is 26.2. The van der Waals surface area contributed by atoms with Crippen LogP contribution in [0.2, 0.25) is 0 Å². The first-order valence-electron chi connectivity index (χ1n) is 11.0. The lowest BCUT2D eigenvalue weighted by Crippen LogP contribution is -2.19. The third-order valence-corrected chi connectivity index (χ3v) is 4.43. The van der Waals surface area contributed by atoms with Crippen LogP contribution >= 0.6 is 0 Å². The van der Waals surface area contributed by atoms with Gasteiger partial charge in [-0.3, -0.25) is 9.59 Å². The molecule has 0 saturated carbocycles. The van der Waals surface area contributed by atoms with Crippen LogP contribution in [0.1, 0.15) is 50.7 Å². The standard InChI is InChI=1S/C24H30N4O6/c1-3-33-21-13-17(9-11-19(21)29)15-25-27-23(31)7-5-6-8-24(32)28-26-16-18-10-12-20(30)22(14-18)34-4-2/h9-16,29-30H,3-8H2,1-2H3,(H,27,31)(H,28,32). The summed E-state index contributed by atoms with van der Waals surface area (Å²) in [5.74, 6) is 0.229. The summed E-state index contributed by atoms with van der Waals surface area (Å²) in [5, 5.41) is 27.2. The Hall–Kier alpha value is -4.08. The number of benzene rings is 2. The van der Waals surface area contributed by atoms with Crippen molar-refractivity contribution in [2.24, 2.45) is 10.2 Å². The number of carbonyl (C=O) groups is 2. The summed E-state index contributed by atoms with van der Waals surface area (Å²) < 4.78 is 10.6. The van der Waals surface area contributed by atoms with Crippen molar-refractivity contribution in [3.05, 3.63) is 47.5 Å². The summed E-state index contributed by atoms with van der Waals surface area (Å²) in [4.78, 5) is 23.8. The average Bonchev–Trinajstić information content (AvgIpc) is 2.81. The van der Waals surface area contributed by atoms with Crippen LogP contribution in [0.5, 0.6) is 23.0 Å². The van der Waals surface area contributed by atoms with Crippen molar-refractivity contribution in [1.82, 2.24) is 10.9 Å². The molecule has 10 heteroatoms. The van der Waals surface area contributed by atoms with Gasteiger partial charge in [-0.05, 0) is 74.2 Å². The molecule has 0 aliphatic rings. The van der Waals surface area contributed by atoms with E-state index in [1.807, 2.05) is 13.8 Å². The van der Waals surface area contributed by atoms with Gasteiger partial charge in [-0.25, -0.2) is 10.9 Å². The molecular weight excluding hydrogens is 440 g/mol. The quantitative estimate of drug-likeness (QED) is 0.201. The lowest BCUT2D eigenvalue weighted by Gasteiger charge is -2.06. The maximum atomic E-state index is 11.9. The minimum atomic E-state index is -0.268. The van der Waals surface area contributed by atoms with Gasteiger partial charge in [0.25, 0.3) is 0 Å². The summed E-state index contributed by atoms with van der Waals surface area (Å²) in [5.41, 5.74) is 6.19. The highest BCUT2D eigenvalue weighted by Gasteiger charge is 2.05. The van der Waals surface area contributed by atoms with Gasteiger partial charge in [0.05, 0.1) is 25.6 Å². The second kappa shape index (κ2) is 14.1. The number of ether oxygens (including phenoxy) is 2. The number of hydrogen-bond donors (Lipinski definition) is 4. The second-order valence-electron chi connectivity index (χ2n) is 7.11. The van der Waals surface area contributed by atoms with Crippen LogP contribution in [0, 0.1) is 0 Å². The van der Waals surface area contributed by atoms with E-state index in [0.717, 1.165) is 0 Å². The van der Waals surface area contributed by atoms with E-state index in [4.69, 9.17) is 9.47 Å². The molecule has 0 atom stereocenters. The Balaban J connectivity index is 1.65. The molecule has 10 nitrogen and oxygen atoms in total. The van der Waals surface area contributed by atoms with Crippen molar-refractivity contribution < 1.29 is 29.3 Å². The van der Waals surface area contributed by atoms with Gasteiger partial charge < -0.3 is 19.7 Å².